The first kappa shape index (κ1) is 27.7. The van der Waals surface area contributed by atoms with Gasteiger partial charge in [0.25, 0.3) is 6.47 Å². The molecule has 0 bridgehead atoms. The van der Waals surface area contributed by atoms with E-state index in [2.05, 4.69) is 32.4 Å². The summed E-state index contributed by atoms with van der Waals surface area (Å²) in [5.41, 5.74) is -0.635. The van der Waals surface area contributed by atoms with Gasteiger partial charge in [-0.15, -0.1) is 11.8 Å². The maximum absolute atomic E-state index is 12.7. The van der Waals surface area contributed by atoms with Gasteiger partial charge in [-0.3, -0.25) is 14.4 Å². The van der Waals surface area contributed by atoms with Gasteiger partial charge in [0, 0.05) is 4.75 Å². The van der Waals surface area contributed by atoms with Crippen molar-refractivity contribution < 1.29 is 33.7 Å². The maximum Gasteiger partial charge on any atom is 0.316 e. The lowest BCUT2D eigenvalue weighted by Crippen LogP contribution is -2.43. The molecular formula is C21H38O7S. The molecule has 0 aliphatic heterocycles. The largest absolute Gasteiger partial charge is 0.469 e. The molecule has 0 rings (SSSR count). The highest BCUT2D eigenvalue weighted by molar-refractivity contribution is 8.01. The number of methoxy groups -OCH3 is 1. The second-order valence-corrected chi connectivity index (χ2v) is 8.99. The van der Waals surface area contributed by atoms with Gasteiger partial charge in [-0.05, 0) is 32.1 Å². The molecule has 0 saturated carbocycles. The minimum atomic E-state index is -1.05. The molecule has 0 aromatic heterocycles. The summed E-state index contributed by atoms with van der Waals surface area (Å²) in [7, 11) is 1.42. The topological polar surface area (TPSA) is 99.1 Å². The Kier molecular flexibility index (Phi) is 13.2. The van der Waals surface area contributed by atoms with Crippen LogP contribution in [0, 0.1) is 11.3 Å². The van der Waals surface area contributed by atoms with Crippen LogP contribution in [-0.4, -0.2) is 60.4 Å². The highest BCUT2D eigenvalue weighted by Gasteiger charge is 2.46. The molecule has 170 valence electrons. The fraction of sp³-hybridized carbons (Fsp3) is 0.857. The van der Waals surface area contributed by atoms with Crippen molar-refractivity contribution in [2.75, 3.05) is 26.1 Å². The Labute approximate surface area is 179 Å². The van der Waals surface area contributed by atoms with Crippen LogP contribution in [0.3, 0.4) is 0 Å². The predicted molar refractivity (Wildman–Crippen MR) is 114 cm³/mol. The van der Waals surface area contributed by atoms with Crippen LogP contribution in [0.2, 0.25) is 0 Å². The van der Waals surface area contributed by atoms with E-state index in [9.17, 15) is 19.5 Å². The molecule has 1 N–H and O–H groups in total. The molecule has 0 spiro atoms. The molecule has 8 heteroatoms. The van der Waals surface area contributed by atoms with E-state index in [1.54, 1.807) is 0 Å². The van der Waals surface area contributed by atoms with Gasteiger partial charge >= 0.3 is 11.9 Å². The van der Waals surface area contributed by atoms with Gasteiger partial charge in [-0.1, -0.05) is 40.5 Å². The van der Waals surface area contributed by atoms with Gasteiger partial charge in [-0.25, -0.2) is 0 Å². The highest BCUT2D eigenvalue weighted by atomic mass is 32.2. The van der Waals surface area contributed by atoms with E-state index >= 15 is 0 Å². The first-order valence-electron chi connectivity index (χ1n) is 10.3. The van der Waals surface area contributed by atoms with E-state index in [0.29, 0.717) is 6.42 Å². The molecule has 29 heavy (non-hydrogen) atoms. The highest BCUT2D eigenvalue weighted by Crippen LogP contribution is 2.48. The van der Waals surface area contributed by atoms with Crippen molar-refractivity contribution in [1.82, 2.24) is 0 Å². The van der Waals surface area contributed by atoms with Gasteiger partial charge in [-0.2, -0.15) is 0 Å². The molecule has 2 unspecified atom stereocenters. The lowest BCUT2D eigenvalue weighted by molar-refractivity contribution is -0.156. The van der Waals surface area contributed by atoms with Crippen LogP contribution in [-0.2, 0) is 28.6 Å². The molecule has 0 amide bonds. The minimum absolute atomic E-state index is 0.114. The number of thioether (sulfide) groups is 1. The fourth-order valence-electron chi connectivity index (χ4n) is 3.87. The van der Waals surface area contributed by atoms with Crippen molar-refractivity contribution in [3.05, 3.63) is 0 Å². The van der Waals surface area contributed by atoms with E-state index < -0.39 is 17.5 Å². The lowest BCUT2D eigenvalue weighted by atomic mass is 9.68. The van der Waals surface area contributed by atoms with Gasteiger partial charge in [0.1, 0.15) is 19.3 Å². The van der Waals surface area contributed by atoms with E-state index in [1.165, 1.54) is 18.9 Å². The molecule has 0 aromatic rings. The van der Waals surface area contributed by atoms with Gasteiger partial charge in [0.15, 0.2) is 0 Å². The van der Waals surface area contributed by atoms with E-state index in [4.69, 9.17) is 9.47 Å². The number of hydrogen-bond donors (Lipinski definition) is 1. The monoisotopic (exact) mass is 434 g/mol. The zero-order chi connectivity index (χ0) is 22.5. The maximum atomic E-state index is 12.7. The number of esters is 2. The zero-order valence-electron chi connectivity index (χ0n) is 18.7. The first-order valence-corrected chi connectivity index (χ1v) is 11.3. The summed E-state index contributed by atoms with van der Waals surface area (Å²) in [4.78, 5) is 35.0. The average molecular weight is 435 g/mol. The molecule has 0 radical (unpaired) electrons. The fourth-order valence-corrected chi connectivity index (χ4v) is 5.19. The number of hydrogen-bond acceptors (Lipinski definition) is 8. The molecule has 2 atom stereocenters. The van der Waals surface area contributed by atoms with Gasteiger partial charge < -0.3 is 19.3 Å². The Morgan fingerprint density at radius 2 is 1.69 bits per heavy atom. The van der Waals surface area contributed by atoms with E-state index in [-0.39, 0.29) is 42.1 Å². The van der Waals surface area contributed by atoms with Crippen LogP contribution in [0.15, 0.2) is 0 Å². The molecule has 0 aliphatic rings. The van der Waals surface area contributed by atoms with Crippen molar-refractivity contribution in [2.24, 2.45) is 11.3 Å². The Bertz CT molecular complexity index is 503. The zero-order valence-corrected chi connectivity index (χ0v) is 19.5. The number of carbonyl (C=O) groups excluding carboxylic acids is 3. The third kappa shape index (κ3) is 8.54. The van der Waals surface area contributed by atoms with Crippen LogP contribution in [0.5, 0.6) is 0 Å². The van der Waals surface area contributed by atoms with Crippen molar-refractivity contribution in [3.8, 4) is 0 Å². The van der Waals surface area contributed by atoms with Crippen LogP contribution in [0.1, 0.15) is 66.7 Å². The van der Waals surface area contributed by atoms with Crippen molar-refractivity contribution in [2.45, 2.75) is 77.6 Å². The van der Waals surface area contributed by atoms with Crippen LogP contribution >= 0.6 is 11.8 Å². The van der Waals surface area contributed by atoms with Crippen LogP contribution in [0.25, 0.3) is 0 Å². The van der Waals surface area contributed by atoms with Crippen molar-refractivity contribution in [3.63, 3.8) is 0 Å². The molecule has 0 heterocycles. The molecule has 0 saturated heterocycles. The number of rotatable bonds is 16. The summed E-state index contributed by atoms with van der Waals surface area (Å²) in [5.74, 6) is -0.357. The van der Waals surface area contributed by atoms with Crippen LogP contribution < -0.4 is 0 Å². The summed E-state index contributed by atoms with van der Waals surface area (Å²) in [5, 5.41) is 9.59. The Morgan fingerprint density at radius 1 is 1.10 bits per heavy atom. The molecule has 0 aliphatic carbocycles. The van der Waals surface area contributed by atoms with Crippen LogP contribution in [0.4, 0.5) is 0 Å². The Balaban J connectivity index is 5.16. The first-order chi connectivity index (χ1) is 13.7. The average Bonchev–Trinajstić information content (AvgIpc) is 2.73. The second-order valence-electron chi connectivity index (χ2n) is 7.54. The van der Waals surface area contributed by atoms with Crippen molar-refractivity contribution in [1.29, 1.82) is 0 Å². The smallest absolute Gasteiger partial charge is 0.316 e. The number of carbonyl (C=O) groups is 3. The summed E-state index contributed by atoms with van der Waals surface area (Å²) in [6, 6.07) is 0. The summed E-state index contributed by atoms with van der Waals surface area (Å²) in [6.07, 6.45) is 2.90. The SMILES string of the molecule is CCC(CC)C(C)(CC(CC)(CC)SCC(=O)OCC(O)COC=O)C(=O)OC. The van der Waals surface area contributed by atoms with Gasteiger partial charge in [0.05, 0.1) is 18.3 Å². The third-order valence-electron chi connectivity index (χ3n) is 5.81. The summed E-state index contributed by atoms with van der Waals surface area (Å²) < 4.78 is 14.4. The third-order valence-corrected chi connectivity index (χ3v) is 7.52. The normalized spacial score (nSPS) is 14.8. The lowest BCUT2D eigenvalue weighted by Gasteiger charge is -2.42. The summed E-state index contributed by atoms with van der Waals surface area (Å²) in [6.45, 7) is 10.0. The van der Waals surface area contributed by atoms with Crippen molar-refractivity contribution >= 4 is 30.2 Å². The standard InChI is InChI=1S/C21H38O7S/c1-7-16(8-2)20(5,19(25)26-6)14-21(9-3,10-4)29-13-18(24)28-12-17(23)11-27-15-22/h15-17,23H,7-14H2,1-6H3. The molecule has 7 nitrogen and oxygen atoms in total. The van der Waals surface area contributed by atoms with E-state index in [0.717, 1.165) is 25.7 Å². The number of aliphatic hydroxyl groups is 1. The molecular weight excluding hydrogens is 396 g/mol. The molecule has 0 fully saturated rings. The quantitative estimate of drug-likeness (QED) is 0.224. The minimum Gasteiger partial charge on any atom is -0.469 e. The number of aliphatic hydroxyl groups excluding tert-OH is 1. The molecule has 0 aromatic carbocycles. The summed E-state index contributed by atoms with van der Waals surface area (Å²) >= 11 is 1.49. The Morgan fingerprint density at radius 3 is 2.14 bits per heavy atom. The Hall–Kier alpha value is -1.28. The predicted octanol–water partition coefficient (Wildman–Crippen LogP) is 3.36. The van der Waals surface area contributed by atoms with Gasteiger partial charge in [0.2, 0.25) is 0 Å². The second kappa shape index (κ2) is 13.9. The number of ether oxygens (including phenoxy) is 3. The van der Waals surface area contributed by atoms with E-state index in [1.807, 2.05) is 6.92 Å².